The second kappa shape index (κ2) is 7.28. The molecule has 0 aromatic heterocycles. The molecule has 2 aliphatic carbocycles. The SMILES string of the molecule is C1=CCC=C1.CCCCC1=CC(C)=CC1. The summed E-state index contributed by atoms with van der Waals surface area (Å²) in [6.45, 7) is 4.43. The average Bonchev–Trinajstić information content (AvgIpc) is 2.88. The molecule has 0 aromatic rings. The Morgan fingerprint density at radius 2 is 1.93 bits per heavy atom. The molecule has 0 N–H and O–H groups in total. The van der Waals surface area contributed by atoms with Gasteiger partial charge in [-0.1, -0.05) is 60.9 Å². The van der Waals surface area contributed by atoms with Crippen LogP contribution in [0.1, 0.15) is 46.0 Å². The van der Waals surface area contributed by atoms with Crippen LogP contribution in [0, 0.1) is 0 Å². The van der Waals surface area contributed by atoms with E-state index in [1.165, 1.54) is 31.3 Å². The standard InChI is InChI=1S/C10H16.C5H6/c1-3-4-5-10-7-6-9(2)8-10;1-2-4-5-3-1/h6,8H,3-5,7H2,1-2H3;1-4H,5H2. The summed E-state index contributed by atoms with van der Waals surface area (Å²) < 4.78 is 0. The fraction of sp³-hybridized carbons (Fsp3) is 0.467. The summed E-state index contributed by atoms with van der Waals surface area (Å²) in [6.07, 6.45) is 19.3. The van der Waals surface area contributed by atoms with Crippen LogP contribution in [0.2, 0.25) is 0 Å². The van der Waals surface area contributed by atoms with E-state index in [4.69, 9.17) is 0 Å². The van der Waals surface area contributed by atoms with Crippen molar-refractivity contribution in [2.45, 2.75) is 46.0 Å². The first-order chi connectivity index (χ1) is 7.33. The van der Waals surface area contributed by atoms with Crippen molar-refractivity contribution in [3.63, 3.8) is 0 Å². The van der Waals surface area contributed by atoms with Crippen molar-refractivity contribution in [2.24, 2.45) is 0 Å². The van der Waals surface area contributed by atoms with Gasteiger partial charge in [-0.25, -0.2) is 0 Å². The summed E-state index contributed by atoms with van der Waals surface area (Å²) in [4.78, 5) is 0. The van der Waals surface area contributed by atoms with Crippen LogP contribution in [0.4, 0.5) is 0 Å². The van der Waals surface area contributed by atoms with Crippen molar-refractivity contribution in [2.75, 3.05) is 0 Å². The molecule has 0 aliphatic heterocycles. The van der Waals surface area contributed by atoms with Gasteiger partial charge in [-0.05, 0) is 32.6 Å². The van der Waals surface area contributed by atoms with E-state index >= 15 is 0 Å². The molecule has 0 heteroatoms. The van der Waals surface area contributed by atoms with Gasteiger partial charge in [-0.15, -0.1) is 0 Å². The Balaban J connectivity index is 0.000000187. The molecule has 0 nitrogen and oxygen atoms in total. The van der Waals surface area contributed by atoms with Crippen LogP contribution < -0.4 is 0 Å². The zero-order chi connectivity index (χ0) is 10.9. The molecule has 82 valence electrons. The van der Waals surface area contributed by atoms with E-state index in [-0.39, 0.29) is 0 Å². The van der Waals surface area contributed by atoms with Crippen molar-refractivity contribution in [3.8, 4) is 0 Å². The second-order valence-corrected chi connectivity index (χ2v) is 4.15. The highest BCUT2D eigenvalue weighted by Crippen LogP contribution is 2.21. The van der Waals surface area contributed by atoms with E-state index in [9.17, 15) is 0 Å². The normalized spacial score (nSPS) is 17.2. The van der Waals surface area contributed by atoms with Crippen LogP contribution in [-0.2, 0) is 0 Å². The van der Waals surface area contributed by atoms with E-state index in [1.807, 2.05) is 0 Å². The van der Waals surface area contributed by atoms with Crippen LogP contribution in [0.25, 0.3) is 0 Å². The first-order valence-electron chi connectivity index (χ1n) is 6.00. The van der Waals surface area contributed by atoms with Crippen LogP contribution in [0.5, 0.6) is 0 Å². The zero-order valence-electron chi connectivity index (χ0n) is 10.00. The maximum Gasteiger partial charge on any atom is -0.0130 e. The molecule has 0 fully saturated rings. The summed E-state index contributed by atoms with van der Waals surface area (Å²) in [5, 5.41) is 0. The maximum atomic E-state index is 2.33. The largest absolute Gasteiger partial charge is 0.0808 e. The lowest BCUT2D eigenvalue weighted by molar-refractivity contribution is 0.779. The molecule has 2 rings (SSSR count). The van der Waals surface area contributed by atoms with Crippen molar-refractivity contribution in [1.29, 1.82) is 0 Å². The monoisotopic (exact) mass is 202 g/mol. The molecule has 0 saturated carbocycles. The number of hydrogen-bond donors (Lipinski definition) is 0. The number of rotatable bonds is 3. The lowest BCUT2D eigenvalue weighted by Crippen LogP contribution is -1.77. The first kappa shape index (κ1) is 12.0. The molecule has 0 spiro atoms. The zero-order valence-corrected chi connectivity index (χ0v) is 10.00. The Morgan fingerprint density at radius 3 is 2.33 bits per heavy atom. The van der Waals surface area contributed by atoms with Crippen LogP contribution >= 0.6 is 0 Å². The van der Waals surface area contributed by atoms with Gasteiger partial charge in [-0.3, -0.25) is 0 Å². The van der Waals surface area contributed by atoms with Gasteiger partial charge >= 0.3 is 0 Å². The molecular formula is C15H22. The molecular weight excluding hydrogens is 180 g/mol. The number of unbranched alkanes of at least 4 members (excludes halogenated alkanes) is 1. The van der Waals surface area contributed by atoms with Crippen molar-refractivity contribution in [3.05, 3.63) is 47.6 Å². The minimum absolute atomic E-state index is 1.14. The fourth-order valence-electron chi connectivity index (χ4n) is 1.70. The highest BCUT2D eigenvalue weighted by Gasteiger charge is 2.01. The minimum Gasteiger partial charge on any atom is -0.0808 e. The maximum absolute atomic E-state index is 2.33. The quantitative estimate of drug-likeness (QED) is 0.607. The Kier molecular flexibility index (Phi) is 5.84. The van der Waals surface area contributed by atoms with Gasteiger partial charge in [0.25, 0.3) is 0 Å². The average molecular weight is 202 g/mol. The van der Waals surface area contributed by atoms with Crippen LogP contribution in [0.3, 0.4) is 0 Å². The lowest BCUT2D eigenvalue weighted by Gasteiger charge is -1.96. The highest BCUT2D eigenvalue weighted by molar-refractivity contribution is 5.30. The molecule has 2 aliphatic rings. The van der Waals surface area contributed by atoms with Crippen molar-refractivity contribution < 1.29 is 0 Å². The lowest BCUT2D eigenvalue weighted by atomic mass is 10.1. The van der Waals surface area contributed by atoms with Gasteiger partial charge in [-0.2, -0.15) is 0 Å². The minimum atomic E-state index is 1.14. The Labute approximate surface area is 94.1 Å². The predicted octanol–water partition coefficient (Wildman–Crippen LogP) is 4.96. The summed E-state index contributed by atoms with van der Waals surface area (Å²) in [5.74, 6) is 0. The number of hydrogen-bond acceptors (Lipinski definition) is 0. The third kappa shape index (κ3) is 5.41. The van der Waals surface area contributed by atoms with Crippen molar-refractivity contribution in [1.82, 2.24) is 0 Å². The smallest absolute Gasteiger partial charge is 0.0130 e. The second-order valence-electron chi connectivity index (χ2n) is 4.15. The van der Waals surface area contributed by atoms with Gasteiger partial charge in [0, 0.05) is 0 Å². The molecule has 0 saturated heterocycles. The first-order valence-corrected chi connectivity index (χ1v) is 6.00. The Morgan fingerprint density at radius 1 is 1.20 bits per heavy atom. The van der Waals surface area contributed by atoms with Gasteiger partial charge in [0.1, 0.15) is 0 Å². The van der Waals surface area contributed by atoms with Crippen LogP contribution in [-0.4, -0.2) is 0 Å². The molecule has 0 unspecified atom stereocenters. The molecule has 0 radical (unpaired) electrons. The summed E-state index contributed by atoms with van der Waals surface area (Å²) in [7, 11) is 0. The van der Waals surface area contributed by atoms with E-state index in [0.29, 0.717) is 0 Å². The van der Waals surface area contributed by atoms with Gasteiger partial charge in [0.05, 0.1) is 0 Å². The molecule has 0 heterocycles. The van der Waals surface area contributed by atoms with E-state index in [0.717, 1.165) is 6.42 Å². The number of allylic oxidation sites excluding steroid dienone is 8. The van der Waals surface area contributed by atoms with E-state index in [1.54, 1.807) is 5.57 Å². The van der Waals surface area contributed by atoms with Gasteiger partial charge in [0.15, 0.2) is 0 Å². The summed E-state index contributed by atoms with van der Waals surface area (Å²) in [5.41, 5.74) is 3.07. The highest BCUT2D eigenvalue weighted by atomic mass is 14.1. The van der Waals surface area contributed by atoms with Gasteiger partial charge in [0.2, 0.25) is 0 Å². The third-order valence-electron chi connectivity index (χ3n) is 2.62. The van der Waals surface area contributed by atoms with Gasteiger partial charge < -0.3 is 0 Å². The van der Waals surface area contributed by atoms with E-state index in [2.05, 4.69) is 50.3 Å². The predicted molar refractivity (Wildman–Crippen MR) is 68.9 cm³/mol. The van der Waals surface area contributed by atoms with Crippen LogP contribution in [0.15, 0.2) is 47.6 Å². The molecule has 0 amide bonds. The summed E-state index contributed by atoms with van der Waals surface area (Å²) >= 11 is 0. The third-order valence-corrected chi connectivity index (χ3v) is 2.62. The molecule has 0 bridgehead atoms. The Bertz CT molecular complexity index is 277. The van der Waals surface area contributed by atoms with E-state index < -0.39 is 0 Å². The topological polar surface area (TPSA) is 0 Å². The molecule has 15 heavy (non-hydrogen) atoms. The molecule has 0 aromatic carbocycles. The Hall–Kier alpha value is -1.04. The molecule has 0 atom stereocenters. The van der Waals surface area contributed by atoms with Crippen molar-refractivity contribution >= 4 is 0 Å². The summed E-state index contributed by atoms with van der Waals surface area (Å²) in [6, 6.07) is 0. The fourth-order valence-corrected chi connectivity index (χ4v) is 1.70.